The van der Waals surface area contributed by atoms with Crippen LogP contribution in [0.15, 0.2) is 16.7 Å². The van der Waals surface area contributed by atoms with Crippen LogP contribution in [0, 0.1) is 28.6 Å². The Morgan fingerprint density at radius 1 is 1.08 bits per heavy atom. The first-order valence-electron chi connectivity index (χ1n) is 9.26. The summed E-state index contributed by atoms with van der Waals surface area (Å²) in [5, 5.41) is 33.4. The Kier molecular flexibility index (Phi) is 3.37. The van der Waals surface area contributed by atoms with Crippen LogP contribution >= 0.6 is 0 Å². The first-order valence-corrected chi connectivity index (χ1v) is 9.26. The predicted molar refractivity (Wildman–Crippen MR) is 90.2 cm³/mol. The van der Waals surface area contributed by atoms with E-state index < -0.39 is 17.8 Å². The Hall–Kier alpha value is -0.840. The van der Waals surface area contributed by atoms with Gasteiger partial charge in [-0.2, -0.15) is 0 Å². The molecule has 0 amide bonds. The van der Waals surface area contributed by atoms with Gasteiger partial charge in [0.1, 0.15) is 5.76 Å². The molecule has 2 fully saturated rings. The fourth-order valence-electron chi connectivity index (χ4n) is 6.87. The minimum Gasteiger partial charge on any atom is -0.469 e. The first-order chi connectivity index (χ1) is 11.1. The van der Waals surface area contributed by atoms with Crippen LogP contribution < -0.4 is 0 Å². The Morgan fingerprint density at radius 3 is 2.50 bits per heavy atom. The Bertz CT molecular complexity index is 646. The lowest BCUT2D eigenvalue weighted by atomic mass is 9.42. The summed E-state index contributed by atoms with van der Waals surface area (Å²) < 4.78 is 5.68. The predicted octanol–water partition coefficient (Wildman–Crippen LogP) is 2.84. The molecule has 0 aliphatic heterocycles. The highest BCUT2D eigenvalue weighted by Crippen LogP contribution is 2.65. The Labute approximate surface area is 143 Å². The molecule has 0 spiro atoms. The van der Waals surface area contributed by atoms with Gasteiger partial charge in [0.2, 0.25) is 0 Å². The highest BCUT2D eigenvalue weighted by atomic mass is 16.3. The summed E-state index contributed by atoms with van der Waals surface area (Å²) in [6, 6.07) is 1.81. The third-order valence-corrected chi connectivity index (χ3v) is 7.77. The summed E-state index contributed by atoms with van der Waals surface area (Å²) >= 11 is 0. The van der Waals surface area contributed by atoms with E-state index >= 15 is 0 Å². The molecule has 1 heterocycles. The lowest BCUT2D eigenvalue weighted by Gasteiger charge is -2.65. The summed E-state index contributed by atoms with van der Waals surface area (Å²) in [4.78, 5) is 0. The van der Waals surface area contributed by atoms with Gasteiger partial charge in [0.15, 0.2) is 0 Å². The molecule has 4 nitrogen and oxygen atoms in total. The highest BCUT2D eigenvalue weighted by Gasteiger charge is 2.66. The molecule has 0 radical (unpaired) electrons. The average molecular weight is 334 g/mol. The molecule has 0 unspecified atom stereocenters. The van der Waals surface area contributed by atoms with Crippen molar-refractivity contribution in [3.63, 3.8) is 0 Å². The molecule has 3 N–H and O–H groups in total. The molecule has 3 aliphatic rings. The van der Waals surface area contributed by atoms with E-state index in [1.54, 1.807) is 13.2 Å². The maximum absolute atomic E-state index is 11.3. The van der Waals surface area contributed by atoms with Gasteiger partial charge in [-0.25, -0.2) is 0 Å². The van der Waals surface area contributed by atoms with Crippen LogP contribution in [-0.2, 0) is 12.0 Å². The van der Waals surface area contributed by atoms with Crippen LogP contribution in [0.25, 0.3) is 0 Å². The molecule has 3 aliphatic carbocycles. The molecule has 7 atom stereocenters. The largest absolute Gasteiger partial charge is 0.469 e. The average Bonchev–Trinajstić information content (AvgIpc) is 2.93. The quantitative estimate of drug-likeness (QED) is 0.682. The van der Waals surface area contributed by atoms with E-state index in [1.807, 2.05) is 6.07 Å². The fraction of sp³-hybridized carbons (Fsp3) is 0.800. The van der Waals surface area contributed by atoms with E-state index in [0.29, 0.717) is 0 Å². The molecular weight excluding hydrogens is 304 g/mol. The number of aliphatic hydroxyl groups is 3. The topological polar surface area (TPSA) is 73.8 Å². The number of furan rings is 1. The molecule has 1 aromatic rings. The zero-order valence-electron chi connectivity index (χ0n) is 15.1. The maximum atomic E-state index is 11.3. The number of fused-ring (bicyclic) bond motifs is 4. The van der Waals surface area contributed by atoms with Crippen molar-refractivity contribution in [1.29, 1.82) is 0 Å². The van der Waals surface area contributed by atoms with Gasteiger partial charge in [-0.3, -0.25) is 0 Å². The lowest BCUT2D eigenvalue weighted by Crippen LogP contribution is -2.67. The molecule has 4 rings (SSSR count). The van der Waals surface area contributed by atoms with Crippen LogP contribution in [0.2, 0.25) is 0 Å². The van der Waals surface area contributed by atoms with Gasteiger partial charge >= 0.3 is 0 Å². The Balaban J connectivity index is 1.88. The third kappa shape index (κ3) is 1.91. The first kappa shape index (κ1) is 16.6. The lowest BCUT2D eigenvalue weighted by molar-refractivity contribution is -0.250. The maximum Gasteiger partial charge on any atom is 0.110 e. The second kappa shape index (κ2) is 4.87. The van der Waals surface area contributed by atoms with Crippen molar-refractivity contribution in [1.82, 2.24) is 0 Å². The van der Waals surface area contributed by atoms with Crippen molar-refractivity contribution < 1.29 is 19.7 Å². The molecular formula is C20H30O4. The molecule has 0 saturated heterocycles. The zero-order valence-corrected chi connectivity index (χ0v) is 15.1. The van der Waals surface area contributed by atoms with Gasteiger partial charge in [0, 0.05) is 17.9 Å². The zero-order chi connectivity index (χ0) is 17.5. The summed E-state index contributed by atoms with van der Waals surface area (Å²) in [7, 11) is 0. The molecule has 2 saturated carbocycles. The van der Waals surface area contributed by atoms with Crippen LogP contribution in [-0.4, -0.2) is 27.5 Å². The van der Waals surface area contributed by atoms with Crippen LogP contribution in [0.3, 0.4) is 0 Å². The van der Waals surface area contributed by atoms with Crippen molar-refractivity contribution in [2.45, 2.75) is 71.2 Å². The summed E-state index contributed by atoms with van der Waals surface area (Å²) in [6.07, 6.45) is 3.86. The van der Waals surface area contributed by atoms with Gasteiger partial charge in [0.25, 0.3) is 0 Å². The minimum atomic E-state index is -1.18. The minimum absolute atomic E-state index is 0.0202. The van der Waals surface area contributed by atoms with Crippen molar-refractivity contribution >= 4 is 0 Å². The van der Waals surface area contributed by atoms with E-state index in [1.165, 1.54) is 0 Å². The van der Waals surface area contributed by atoms with Gasteiger partial charge < -0.3 is 19.7 Å². The molecule has 24 heavy (non-hydrogen) atoms. The second-order valence-electron chi connectivity index (χ2n) is 9.55. The fourth-order valence-corrected chi connectivity index (χ4v) is 6.87. The summed E-state index contributed by atoms with van der Waals surface area (Å²) in [5.41, 5.74) is -0.541. The van der Waals surface area contributed by atoms with E-state index in [2.05, 4.69) is 20.8 Å². The Morgan fingerprint density at radius 2 is 1.79 bits per heavy atom. The van der Waals surface area contributed by atoms with Crippen molar-refractivity contribution in [3.8, 4) is 0 Å². The number of hydrogen-bond acceptors (Lipinski definition) is 4. The highest BCUT2D eigenvalue weighted by molar-refractivity contribution is 5.32. The van der Waals surface area contributed by atoms with Gasteiger partial charge in [0.05, 0.1) is 24.1 Å². The molecule has 1 aromatic heterocycles. The normalized spacial score (nSPS) is 49.9. The monoisotopic (exact) mass is 334 g/mol. The van der Waals surface area contributed by atoms with Crippen molar-refractivity contribution in [2.24, 2.45) is 28.6 Å². The van der Waals surface area contributed by atoms with Gasteiger partial charge in [-0.1, -0.05) is 27.2 Å². The molecule has 0 bridgehead atoms. The van der Waals surface area contributed by atoms with Crippen molar-refractivity contribution in [3.05, 3.63) is 23.7 Å². The second-order valence-corrected chi connectivity index (χ2v) is 9.55. The third-order valence-electron chi connectivity index (χ3n) is 7.77. The van der Waals surface area contributed by atoms with Gasteiger partial charge in [-0.15, -0.1) is 0 Å². The molecule has 0 aromatic carbocycles. The van der Waals surface area contributed by atoms with E-state index in [4.69, 9.17) is 4.42 Å². The van der Waals surface area contributed by atoms with Crippen LogP contribution in [0.1, 0.15) is 58.3 Å². The van der Waals surface area contributed by atoms with Crippen LogP contribution in [0.4, 0.5) is 0 Å². The van der Waals surface area contributed by atoms with E-state index in [0.717, 1.165) is 37.0 Å². The molecule has 134 valence electrons. The summed E-state index contributed by atoms with van der Waals surface area (Å²) in [5.74, 6) is 0.609. The van der Waals surface area contributed by atoms with Crippen molar-refractivity contribution in [2.75, 3.05) is 0 Å². The van der Waals surface area contributed by atoms with Crippen LogP contribution in [0.5, 0.6) is 0 Å². The van der Waals surface area contributed by atoms with E-state index in [9.17, 15) is 15.3 Å². The summed E-state index contributed by atoms with van der Waals surface area (Å²) in [6.45, 7) is 8.45. The van der Waals surface area contributed by atoms with Gasteiger partial charge in [-0.05, 0) is 48.5 Å². The molecule has 4 heteroatoms. The number of aliphatic hydroxyl groups excluding tert-OH is 2. The smallest absolute Gasteiger partial charge is 0.110 e. The van der Waals surface area contributed by atoms with E-state index in [-0.39, 0.29) is 28.6 Å². The standard InChI is InChI=1S/C20H30O4/c1-18(2)7-5-8-19(3)12-10-13-11(6-9-24-13)20(4,23)14(12)15(21)16(22)17(18)19/h6,9,12,14-17,21-23H,5,7-8,10H2,1-4H3/t12-,14-,15-,16+,17+,19+,20-/m1/s1. The SMILES string of the molecule is CC1(C)CCC[C@@]2(C)[C@@H]3Cc4occc4[C@@](C)(O)[C@H]3[C@@H](O)[C@H](O)[C@@H]12. The number of rotatable bonds is 0. The number of hydrogen-bond donors (Lipinski definition) is 3.